The van der Waals surface area contributed by atoms with Crippen LogP contribution < -0.4 is 5.32 Å². The number of rotatable bonds is 9. The van der Waals surface area contributed by atoms with E-state index in [1.165, 1.54) is 62.9 Å². The molecular weight excluding hydrogens is 260 g/mol. The van der Waals surface area contributed by atoms with E-state index in [9.17, 15) is 0 Å². The molecule has 1 N–H and O–H groups in total. The Balaban J connectivity index is 1.35. The number of nitrogens with zero attached hydrogens (tertiary/aromatic N) is 1. The number of hydrogen-bond donors (Lipinski definition) is 1. The fraction of sp³-hybridized carbons (Fsp3) is 0.778. The molecule has 3 fully saturated rings. The van der Waals surface area contributed by atoms with Gasteiger partial charge < -0.3 is 9.73 Å². The first-order chi connectivity index (χ1) is 10.3. The van der Waals surface area contributed by atoms with Crippen LogP contribution in [0, 0.1) is 18.8 Å². The third kappa shape index (κ3) is 4.10. The summed E-state index contributed by atoms with van der Waals surface area (Å²) in [5.41, 5.74) is 1.32. The maximum atomic E-state index is 6.12. The van der Waals surface area contributed by atoms with Crippen molar-refractivity contribution in [3.63, 3.8) is 0 Å². The molecule has 0 bridgehead atoms. The van der Waals surface area contributed by atoms with Crippen molar-refractivity contribution >= 4 is 0 Å². The van der Waals surface area contributed by atoms with Crippen LogP contribution in [0.2, 0.25) is 0 Å². The standard InChI is InChI=1S/C18H28N2O/c1-13-8-17(21-18(13)9-19-16-6-7-16)12-20(10-14-2-3-14)11-15-4-5-15/h8,14-16,19H,2-7,9-12H2,1H3. The Morgan fingerprint density at radius 2 is 1.76 bits per heavy atom. The lowest BCUT2D eigenvalue weighted by Crippen LogP contribution is -2.27. The van der Waals surface area contributed by atoms with Crippen molar-refractivity contribution < 1.29 is 4.42 Å². The van der Waals surface area contributed by atoms with Crippen LogP contribution in [0.15, 0.2) is 10.5 Å². The molecule has 116 valence electrons. The van der Waals surface area contributed by atoms with E-state index in [4.69, 9.17) is 4.42 Å². The van der Waals surface area contributed by atoms with E-state index in [1.54, 1.807) is 0 Å². The zero-order chi connectivity index (χ0) is 14.2. The highest BCUT2D eigenvalue weighted by Gasteiger charge is 2.29. The Hall–Kier alpha value is -0.800. The van der Waals surface area contributed by atoms with Gasteiger partial charge in [-0.3, -0.25) is 4.90 Å². The van der Waals surface area contributed by atoms with Crippen molar-refractivity contribution in [3.8, 4) is 0 Å². The quantitative estimate of drug-likeness (QED) is 0.754. The molecule has 0 spiro atoms. The molecule has 3 aliphatic carbocycles. The number of aryl methyl sites for hydroxylation is 1. The second-order valence-corrected chi connectivity index (χ2v) is 7.55. The van der Waals surface area contributed by atoms with E-state index in [0.717, 1.165) is 36.7 Å². The maximum absolute atomic E-state index is 6.12. The summed E-state index contributed by atoms with van der Waals surface area (Å²) in [7, 11) is 0. The van der Waals surface area contributed by atoms with Crippen molar-refractivity contribution in [2.24, 2.45) is 11.8 Å². The lowest BCUT2D eigenvalue weighted by Gasteiger charge is -2.20. The normalized spacial score (nSPS) is 22.2. The van der Waals surface area contributed by atoms with Crippen LogP contribution in [0.3, 0.4) is 0 Å². The smallest absolute Gasteiger partial charge is 0.120 e. The summed E-state index contributed by atoms with van der Waals surface area (Å²) in [5.74, 6) is 4.25. The fourth-order valence-corrected chi connectivity index (χ4v) is 3.12. The topological polar surface area (TPSA) is 28.4 Å². The molecule has 21 heavy (non-hydrogen) atoms. The molecule has 3 nitrogen and oxygen atoms in total. The highest BCUT2D eigenvalue weighted by molar-refractivity contribution is 5.20. The predicted octanol–water partition coefficient (Wildman–Crippen LogP) is 3.46. The first kappa shape index (κ1) is 13.8. The molecule has 0 saturated heterocycles. The van der Waals surface area contributed by atoms with Crippen molar-refractivity contribution in [2.75, 3.05) is 13.1 Å². The molecule has 3 heteroatoms. The van der Waals surface area contributed by atoms with Crippen LogP contribution in [-0.2, 0) is 13.1 Å². The highest BCUT2D eigenvalue weighted by Crippen LogP contribution is 2.34. The average molecular weight is 288 g/mol. The Labute approximate surface area is 128 Å². The summed E-state index contributed by atoms with van der Waals surface area (Å²) in [5, 5.41) is 3.56. The molecule has 0 radical (unpaired) electrons. The summed E-state index contributed by atoms with van der Waals surface area (Å²) < 4.78 is 6.12. The molecule has 1 aromatic rings. The third-order valence-corrected chi connectivity index (χ3v) is 5.01. The van der Waals surface area contributed by atoms with E-state index >= 15 is 0 Å². The van der Waals surface area contributed by atoms with E-state index in [2.05, 4.69) is 23.2 Å². The van der Waals surface area contributed by atoms with Crippen molar-refractivity contribution in [1.82, 2.24) is 10.2 Å². The average Bonchev–Trinajstić information content (AvgIpc) is 3.30. The number of furan rings is 1. The van der Waals surface area contributed by atoms with Gasteiger partial charge in [0.1, 0.15) is 11.5 Å². The minimum Gasteiger partial charge on any atom is -0.463 e. The highest BCUT2D eigenvalue weighted by atomic mass is 16.3. The van der Waals surface area contributed by atoms with Gasteiger partial charge >= 0.3 is 0 Å². The van der Waals surface area contributed by atoms with E-state index in [1.807, 2.05) is 0 Å². The third-order valence-electron chi connectivity index (χ3n) is 5.01. The van der Waals surface area contributed by atoms with Crippen LogP contribution in [-0.4, -0.2) is 24.0 Å². The lowest BCUT2D eigenvalue weighted by atomic mass is 10.2. The predicted molar refractivity (Wildman–Crippen MR) is 84.0 cm³/mol. The molecule has 0 aliphatic heterocycles. The molecule has 3 saturated carbocycles. The molecular formula is C18H28N2O. The number of nitrogens with one attached hydrogen (secondary N) is 1. The van der Waals surface area contributed by atoms with Gasteiger partial charge in [0.25, 0.3) is 0 Å². The second kappa shape index (κ2) is 5.77. The van der Waals surface area contributed by atoms with Crippen LogP contribution in [0.25, 0.3) is 0 Å². The van der Waals surface area contributed by atoms with E-state index in [-0.39, 0.29) is 0 Å². The van der Waals surface area contributed by atoms with E-state index < -0.39 is 0 Å². The minimum atomic E-state index is 0.749. The van der Waals surface area contributed by atoms with Gasteiger partial charge in [-0.2, -0.15) is 0 Å². The Bertz CT molecular complexity index is 469. The SMILES string of the molecule is Cc1cc(CN(CC2CC2)CC2CC2)oc1CNC1CC1. The van der Waals surface area contributed by atoms with Gasteiger partial charge in [-0.05, 0) is 68.9 Å². The summed E-state index contributed by atoms with van der Waals surface area (Å²) in [6.07, 6.45) is 8.43. The van der Waals surface area contributed by atoms with Crippen molar-refractivity contribution in [3.05, 3.63) is 23.2 Å². The molecule has 0 aromatic carbocycles. The van der Waals surface area contributed by atoms with E-state index in [0.29, 0.717) is 0 Å². The summed E-state index contributed by atoms with van der Waals surface area (Å²) in [4.78, 5) is 2.64. The van der Waals surface area contributed by atoms with Crippen LogP contribution in [0.1, 0.15) is 55.6 Å². The molecule has 1 heterocycles. The Morgan fingerprint density at radius 3 is 2.33 bits per heavy atom. The first-order valence-corrected chi connectivity index (χ1v) is 8.80. The second-order valence-electron chi connectivity index (χ2n) is 7.55. The molecule has 0 unspecified atom stereocenters. The van der Waals surface area contributed by atoms with Gasteiger partial charge in [0, 0.05) is 19.1 Å². The fourth-order valence-electron chi connectivity index (χ4n) is 3.12. The summed E-state index contributed by atoms with van der Waals surface area (Å²) >= 11 is 0. The van der Waals surface area contributed by atoms with Gasteiger partial charge in [0.15, 0.2) is 0 Å². The number of hydrogen-bond acceptors (Lipinski definition) is 3. The first-order valence-electron chi connectivity index (χ1n) is 8.80. The van der Waals surface area contributed by atoms with Gasteiger partial charge in [-0.25, -0.2) is 0 Å². The monoisotopic (exact) mass is 288 g/mol. The summed E-state index contributed by atoms with van der Waals surface area (Å²) in [6, 6.07) is 3.01. The maximum Gasteiger partial charge on any atom is 0.120 e. The zero-order valence-corrected chi connectivity index (χ0v) is 13.2. The van der Waals surface area contributed by atoms with Crippen LogP contribution in [0.4, 0.5) is 0 Å². The van der Waals surface area contributed by atoms with Gasteiger partial charge in [-0.15, -0.1) is 0 Å². The molecule has 0 amide bonds. The molecule has 4 rings (SSSR count). The Kier molecular flexibility index (Phi) is 3.80. The van der Waals surface area contributed by atoms with Gasteiger partial charge in [-0.1, -0.05) is 0 Å². The van der Waals surface area contributed by atoms with Gasteiger partial charge in [0.05, 0.1) is 13.1 Å². The van der Waals surface area contributed by atoms with Gasteiger partial charge in [0.2, 0.25) is 0 Å². The summed E-state index contributed by atoms with van der Waals surface area (Å²) in [6.45, 7) is 6.67. The zero-order valence-electron chi connectivity index (χ0n) is 13.2. The van der Waals surface area contributed by atoms with Crippen LogP contribution >= 0.6 is 0 Å². The lowest BCUT2D eigenvalue weighted by molar-refractivity contribution is 0.223. The molecule has 3 aliphatic rings. The minimum absolute atomic E-state index is 0.749. The van der Waals surface area contributed by atoms with Crippen LogP contribution in [0.5, 0.6) is 0 Å². The molecule has 1 aromatic heterocycles. The van der Waals surface area contributed by atoms with Crippen molar-refractivity contribution in [1.29, 1.82) is 0 Å². The molecule has 0 atom stereocenters. The largest absolute Gasteiger partial charge is 0.463 e. The van der Waals surface area contributed by atoms with Crippen molar-refractivity contribution in [2.45, 2.75) is 64.6 Å². The Morgan fingerprint density at radius 1 is 1.10 bits per heavy atom.